The number of urea groups is 1. The molecule has 1 aliphatic rings. The topological polar surface area (TPSA) is 92.2 Å². The lowest BCUT2D eigenvalue weighted by molar-refractivity contribution is 0.241. The van der Waals surface area contributed by atoms with E-state index in [0.29, 0.717) is 6.54 Å². The van der Waals surface area contributed by atoms with Crippen LogP contribution in [0.5, 0.6) is 0 Å². The standard InChI is InChI=1S/C18H26N4O3S/c1-13-15(8-9-19-18(23)20-10-11-21-26(2,24)25)16-7-3-5-14-6-4-12-22(13)17(14)16/h3,5,7,21H,4,6,8-12H2,1-2H3,(H2,19,20,23). The number of benzene rings is 1. The van der Waals surface area contributed by atoms with Crippen molar-refractivity contribution in [2.45, 2.75) is 32.7 Å². The highest BCUT2D eigenvalue weighted by molar-refractivity contribution is 7.88. The first kappa shape index (κ1) is 18.7. The van der Waals surface area contributed by atoms with Crippen LogP contribution in [-0.2, 0) is 29.4 Å². The van der Waals surface area contributed by atoms with E-state index in [1.165, 1.54) is 34.1 Å². The monoisotopic (exact) mass is 378 g/mol. The van der Waals surface area contributed by atoms with Crippen molar-refractivity contribution in [1.29, 1.82) is 0 Å². The van der Waals surface area contributed by atoms with Gasteiger partial charge >= 0.3 is 6.03 Å². The summed E-state index contributed by atoms with van der Waals surface area (Å²) in [6, 6.07) is 6.20. The number of carbonyl (C=O) groups is 1. The number of carbonyl (C=O) groups excluding carboxylic acids is 1. The van der Waals surface area contributed by atoms with Gasteiger partial charge in [-0.3, -0.25) is 0 Å². The summed E-state index contributed by atoms with van der Waals surface area (Å²) in [5, 5.41) is 6.78. The molecule has 2 amide bonds. The lowest BCUT2D eigenvalue weighted by Gasteiger charge is -2.16. The van der Waals surface area contributed by atoms with Crippen molar-refractivity contribution >= 4 is 27.0 Å². The summed E-state index contributed by atoms with van der Waals surface area (Å²) in [5.74, 6) is 0. The number of nitrogens with one attached hydrogen (secondary N) is 3. The molecule has 8 heteroatoms. The van der Waals surface area contributed by atoms with Crippen LogP contribution in [0.4, 0.5) is 4.79 Å². The molecule has 1 aliphatic heterocycles. The number of hydrogen-bond acceptors (Lipinski definition) is 3. The Balaban J connectivity index is 1.55. The van der Waals surface area contributed by atoms with Crippen LogP contribution >= 0.6 is 0 Å². The van der Waals surface area contributed by atoms with Crippen molar-refractivity contribution in [1.82, 2.24) is 19.9 Å². The van der Waals surface area contributed by atoms with Gasteiger partial charge in [0.15, 0.2) is 0 Å². The average molecular weight is 378 g/mol. The van der Waals surface area contributed by atoms with Crippen LogP contribution in [0.25, 0.3) is 10.9 Å². The fourth-order valence-electron chi connectivity index (χ4n) is 3.68. The molecule has 3 N–H and O–H groups in total. The predicted molar refractivity (Wildman–Crippen MR) is 103 cm³/mol. The number of nitrogens with zero attached hydrogens (tertiary/aromatic N) is 1. The zero-order valence-electron chi connectivity index (χ0n) is 15.3. The maximum atomic E-state index is 11.8. The number of aryl methyl sites for hydroxylation is 2. The van der Waals surface area contributed by atoms with E-state index in [2.05, 4.69) is 45.0 Å². The third-order valence-corrected chi connectivity index (χ3v) is 5.55. The van der Waals surface area contributed by atoms with Crippen LogP contribution in [0.1, 0.15) is 23.2 Å². The summed E-state index contributed by atoms with van der Waals surface area (Å²) in [4.78, 5) is 11.8. The molecule has 2 aromatic rings. The quantitative estimate of drug-likeness (QED) is 0.634. The van der Waals surface area contributed by atoms with Crippen LogP contribution in [0.3, 0.4) is 0 Å². The van der Waals surface area contributed by atoms with Gasteiger partial charge < -0.3 is 15.2 Å². The molecule has 0 atom stereocenters. The predicted octanol–water partition coefficient (Wildman–Crippen LogP) is 1.29. The maximum Gasteiger partial charge on any atom is 0.314 e. The molecule has 1 aromatic heterocycles. The van der Waals surface area contributed by atoms with E-state index in [0.717, 1.165) is 25.6 Å². The van der Waals surface area contributed by atoms with E-state index in [4.69, 9.17) is 0 Å². The Labute approximate surface area is 154 Å². The van der Waals surface area contributed by atoms with E-state index in [1.807, 2.05) is 0 Å². The Morgan fingerprint density at radius 1 is 1.19 bits per heavy atom. The van der Waals surface area contributed by atoms with E-state index in [1.54, 1.807) is 0 Å². The number of amides is 2. The van der Waals surface area contributed by atoms with Gasteiger partial charge in [-0.25, -0.2) is 17.9 Å². The molecule has 7 nitrogen and oxygen atoms in total. The van der Waals surface area contributed by atoms with Gasteiger partial charge in [-0.15, -0.1) is 0 Å². The fourth-order valence-corrected chi connectivity index (χ4v) is 4.15. The van der Waals surface area contributed by atoms with E-state index in [-0.39, 0.29) is 19.1 Å². The first-order valence-corrected chi connectivity index (χ1v) is 10.8. The molecule has 3 rings (SSSR count). The summed E-state index contributed by atoms with van der Waals surface area (Å²) < 4.78 is 26.7. The number of para-hydroxylation sites is 1. The molecule has 0 spiro atoms. The molecule has 0 radical (unpaired) electrons. The largest absolute Gasteiger partial charge is 0.344 e. The zero-order chi connectivity index (χ0) is 18.7. The van der Waals surface area contributed by atoms with Gasteiger partial charge in [-0.1, -0.05) is 18.2 Å². The van der Waals surface area contributed by atoms with E-state index in [9.17, 15) is 13.2 Å². The van der Waals surface area contributed by atoms with Crippen molar-refractivity contribution in [2.24, 2.45) is 0 Å². The van der Waals surface area contributed by atoms with Crippen LogP contribution in [0.2, 0.25) is 0 Å². The van der Waals surface area contributed by atoms with Crippen LogP contribution in [-0.4, -0.2) is 44.9 Å². The lowest BCUT2D eigenvalue weighted by Crippen LogP contribution is -2.40. The van der Waals surface area contributed by atoms with Crippen LogP contribution in [0, 0.1) is 6.92 Å². The van der Waals surface area contributed by atoms with Crippen molar-refractivity contribution in [3.63, 3.8) is 0 Å². The molecule has 0 unspecified atom stereocenters. The normalized spacial score (nSPS) is 13.8. The third kappa shape index (κ3) is 4.19. The maximum absolute atomic E-state index is 11.8. The van der Waals surface area contributed by atoms with Gasteiger partial charge in [0.2, 0.25) is 10.0 Å². The minimum atomic E-state index is -3.22. The summed E-state index contributed by atoms with van der Waals surface area (Å²) >= 11 is 0. The Bertz CT molecular complexity index is 918. The van der Waals surface area contributed by atoms with E-state index < -0.39 is 10.0 Å². The Kier molecular flexibility index (Phi) is 5.52. The van der Waals surface area contributed by atoms with Crippen molar-refractivity contribution < 1.29 is 13.2 Å². The van der Waals surface area contributed by atoms with E-state index >= 15 is 0 Å². The van der Waals surface area contributed by atoms with Gasteiger partial charge in [0.25, 0.3) is 0 Å². The molecular formula is C18H26N4O3S. The molecular weight excluding hydrogens is 352 g/mol. The summed E-state index contributed by atoms with van der Waals surface area (Å²) in [5.41, 5.74) is 5.34. The molecule has 26 heavy (non-hydrogen) atoms. The number of hydrogen-bond donors (Lipinski definition) is 3. The van der Waals surface area contributed by atoms with Gasteiger partial charge in [0.1, 0.15) is 0 Å². The molecule has 0 saturated heterocycles. The molecule has 0 aliphatic carbocycles. The van der Waals surface area contributed by atoms with Crippen molar-refractivity contribution in [3.8, 4) is 0 Å². The third-order valence-electron chi connectivity index (χ3n) is 4.82. The smallest absolute Gasteiger partial charge is 0.314 e. The van der Waals surface area contributed by atoms with Crippen molar-refractivity contribution in [3.05, 3.63) is 35.0 Å². The number of aromatic nitrogens is 1. The van der Waals surface area contributed by atoms with Gasteiger partial charge in [-0.05, 0) is 37.3 Å². The van der Waals surface area contributed by atoms with Gasteiger partial charge in [-0.2, -0.15) is 0 Å². The zero-order valence-corrected chi connectivity index (χ0v) is 16.1. The Hall–Kier alpha value is -2.06. The highest BCUT2D eigenvalue weighted by Crippen LogP contribution is 2.32. The number of rotatable bonds is 7. The minimum absolute atomic E-state index is 0.182. The summed E-state index contributed by atoms with van der Waals surface area (Å²) in [7, 11) is -3.22. The molecule has 0 fully saturated rings. The van der Waals surface area contributed by atoms with Crippen molar-refractivity contribution in [2.75, 3.05) is 25.9 Å². The fraction of sp³-hybridized carbons (Fsp3) is 0.500. The van der Waals surface area contributed by atoms with Gasteiger partial charge in [0.05, 0.1) is 11.8 Å². The molecule has 1 aromatic carbocycles. The second-order valence-electron chi connectivity index (χ2n) is 6.73. The molecule has 0 saturated carbocycles. The average Bonchev–Trinajstić information content (AvgIpc) is 2.86. The summed E-state index contributed by atoms with van der Waals surface area (Å²) in [6.45, 7) is 4.18. The first-order chi connectivity index (χ1) is 12.4. The molecule has 2 heterocycles. The van der Waals surface area contributed by atoms with Crippen LogP contribution in [0.15, 0.2) is 18.2 Å². The van der Waals surface area contributed by atoms with Crippen LogP contribution < -0.4 is 15.4 Å². The second kappa shape index (κ2) is 7.67. The first-order valence-electron chi connectivity index (χ1n) is 8.93. The highest BCUT2D eigenvalue weighted by atomic mass is 32.2. The lowest BCUT2D eigenvalue weighted by atomic mass is 10.0. The molecule has 142 valence electrons. The van der Waals surface area contributed by atoms with Gasteiger partial charge in [0, 0.05) is 37.3 Å². The summed E-state index contributed by atoms with van der Waals surface area (Å²) in [6.07, 6.45) is 4.16. The Morgan fingerprint density at radius 3 is 2.73 bits per heavy atom. The minimum Gasteiger partial charge on any atom is -0.344 e. The molecule has 0 bridgehead atoms. The Morgan fingerprint density at radius 2 is 1.96 bits per heavy atom. The number of sulfonamides is 1. The second-order valence-corrected chi connectivity index (χ2v) is 8.56. The SMILES string of the molecule is Cc1c(CCNC(=O)NCCNS(C)(=O)=O)c2cccc3c2n1CCC3. The highest BCUT2D eigenvalue weighted by Gasteiger charge is 2.19.